The topological polar surface area (TPSA) is 46.8 Å². The number of hydrogen-bond acceptors (Lipinski definition) is 4. The van der Waals surface area contributed by atoms with Crippen molar-refractivity contribution < 1.29 is 0 Å². The summed E-state index contributed by atoms with van der Waals surface area (Å²) >= 11 is 0. The molecular formula is C58H41N5. The highest BCUT2D eigenvalue weighted by molar-refractivity contribution is 6.13. The van der Waals surface area contributed by atoms with Crippen molar-refractivity contribution in [1.29, 1.82) is 0 Å². The van der Waals surface area contributed by atoms with E-state index >= 15 is 0 Å². The first-order valence-electron chi connectivity index (χ1n) is 21.3. The Morgan fingerprint density at radius 2 is 0.841 bits per heavy atom. The lowest BCUT2D eigenvalue weighted by Gasteiger charge is -2.28. The summed E-state index contributed by atoms with van der Waals surface area (Å²) in [6.45, 7) is 2.20. The SMILES string of the molecule is Cc1ccccc1-c1cc2c3ccccc3n(-c3cccc(-c4nc(-c5ccccc5)nc(-c5ccc(-c6ccccc6)cc5)n4)c3)c2cc1N(c1ccccc1)c1ccccc1. The number of anilines is 3. The van der Waals surface area contributed by atoms with Crippen LogP contribution in [0, 0.1) is 6.92 Å². The second-order valence-electron chi connectivity index (χ2n) is 15.7. The number of fused-ring (bicyclic) bond motifs is 3. The first-order valence-corrected chi connectivity index (χ1v) is 21.3. The molecule has 0 aliphatic rings. The molecule has 0 saturated heterocycles. The van der Waals surface area contributed by atoms with Crippen molar-refractivity contribution in [1.82, 2.24) is 19.5 Å². The molecule has 0 unspecified atom stereocenters. The predicted octanol–water partition coefficient (Wildman–Crippen LogP) is 15.1. The van der Waals surface area contributed by atoms with E-state index in [0.29, 0.717) is 17.5 Å². The van der Waals surface area contributed by atoms with Crippen LogP contribution in [0.15, 0.2) is 231 Å². The molecule has 9 aromatic carbocycles. The first-order chi connectivity index (χ1) is 31.2. The zero-order chi connectivity index (χ0) is 42.1. The second-order valence-corrected chi connectivity index (χ2v) is 15.7. The molecule has 0 bridgehead atoms. The maximum absolute atomic E-state index is 5.17. The average molecular weight is 808 g/mol. The van der Waals surface area contributed by atoms with Crippen molar-refractivity contribution in [3.05, 3.63) is 236 Å². The monoisotopic (exact) mass is 807 g/mol. The van der Waals surface area contributed by atoms with Crippen molar-refractivity contribution >= 4 is 38.9 Å². The van der Waals surface area contributed by atoms with Gasteiger partial charge in [-0.2, -0.15) is 0 Å². The average Bonchev–Trinajstić information content (AvgIpc) is 3.68. The molecule has 0 aliphatic carbocycles. The molecule has 0 fully saturated rings. The molecule has 11 aromatic rings. The standard InChI is InChI=1S/C58H41N5/c1-40-19-14-15-30-49(40)51-38-52-50-31-16-17-32-53(50)63(55(52)39-54(51)62(46-25-10-4-11-26-46)47-27-12-5-13-28-47)48-29-18-24-45(37-48)58-60-56(43-22-8-3-9-23-43)59-57(61-58)44-35-33-42(34-36-44)41-20-6-2-7-21-41/h2-39H,1H3. The third-order valence-electron chi connectivity index (χ3n) is 11.8. The van der Waals surface area contributed by atoms with Crippen molar-refractivity contribution in [2.24, 2.45) is 0 Å². The van der Waals surface area contributed by atoms with Gasteiger partial charge in [-0.15, -0.1) is 0 Å². The third-order valence-corrected chi connectivity index (χ3v) is 11.8. The minimum absolute atomic E-state index is 0.607. The highest BCUT2D eigenvalue weighted by Crippen LogP contribution is 2.46. The molecule has 0 amide bonds. The maximum atomic E-state index is 5.17. The van der Waals surface area contributed by atoms with Gasteiger partial charge in [0.25, 0.3) is 0 Å². The van der Waals surface area contributed by atoms with Crippen molar-refractivity contribution in [2.75, 3.05) is 4.90 Å². The van der Waals surface area contributed by atoms with E-state index in [9.17, 15) is 0 Å². The molecule has 0 aliphatic heterocycles. The fourth-order valence-electron chi connectivity index (χ4n) is 8.72. The lowest BCUT2D eigenvalue weighted by molar-refractivity contribution is 1.07. The van der Waals surface area contributed by atoms with Crippen LogP contribution in [0.3, 0.4) is 0 Å². The Bertz CT molecular complexity index is 3340. The van der Waals surface area contributed by atoms with Gasteiger partial charge in [-0.25, -0.2) is 15.0 Å². The molecule has 298 valence electrons. The fraction of sp³-hybridized carbons (Fsp3) is 0.0172. The Balaban J connectivity index is 1.12. The van der Waals surface area contributed by atoms with E-state index < -0.39 is 0 Å². The van der Waals surface area contributed by atoms with Crippen LogP contribution in [0.1, 0.15) is 5.56 Å². The van der Waals surface area contributed by atoms with Crippen molar-refractivity contribution in [2.45, 2.75) is 6.92 Å². The number of para-hydroxylation sites is 3. The quantitative estimate of drug-likeness (QED) is 0.146. The Kier molecular flexibility index (Phi) is 9.68. The van der Waals surface area contributed by atoms with Gasteiger partial charge < -0.3 is 9.47 Å². The smallest absolute Gasteiger partial charge is 0.164 e. The molecule has 11 rings (SSSR count). The summed E-state index contributed by atoms with van der Waals surface area (Å²) in [6.07, 6.45) is 0. The maximum Gasteiger partial charge on any atom is 0.164 e. The Labute approximate surface area is 366 Å². The van der Waals surface area contributed by atoms with Crippen LogP contribution in [-0.4, -0.2) is 19.5 Å². The number of aromatic nitrogens is 4. The highest BCUT2D eigenvalue weighted by atomic mass is 15.1. The molecule has 0 atom stereocenters. The number of nitrogens with zero attached hydrogens (tertiary/aromatic N) is 5. The number of aryl methyl sites for hydroxylation is 1. The van der Waals surface area contributed by atoms with Crippen LogP contribution in [0.5, 0.6) is 0 Å². The molecule has 5 nitrogen and oxygen atoms in total. The Morgan fingerprint density at radius 3 is 1.49 bits per heavy atom. The van der Waals surface area contributed by atoms with Crippen LogP contribution < -0.4 is 4.90 Å². The Hall–Kier alpha value is -8.41. The summed E-state index contributed by atoms with van der Waals surface area (Å²) < 4.78 is 2.38. The van der Waals surface area contributed by atoms with Gasteiger partial charge in [0.2, 0.25) is 0 Å². The van der Waals surface area contributed by atoms with Gasteiger partial charge in [0, 0.05) is 50.1 Å². The summed E-state index contributed by atoms with van der Waals surface area (Å²) in [7, 11) is 0. The summed E-state index contributed by atoms with van der Waals surface area (Å²) in [5.74, 6) is 1.85. The second kappa shape index (κ2) is 16.2. The van der Waals surface area contributed by atoms with Crippen LogP contribution in [0.2, 0.25) is 0 Å². The molecule has 0 spiro atoms. The molecule has 0 saturated carbocycles. The van der Waals surface area contributed by atoms with E-state index in [1.54, 1.807) is 0 Å². The van der Waals surface area contributed by atoms with Gasteiger partial charge in [0.05, 0.1) is 16.7 Å². The number of benzene rings is 9. The summed E-state index contributed by atoms with van der Waals surface area (Å²) in [5.41, 5.74) is 15.1. The van der Waals surface area contributed by atoms with Gasteiger partial charge in [0.1, 0.15) is 0 Å². The molecule has 63 heavy (non-hydrogen) atoms. The molecule has 0 radical (unpaired) electrons. The minimum atomic E-state index is 0.607. The fourth-order valence-corrected chi connectivity index (χ4v) is 8.72. The third kappa shape index (κ3) is 7.11. The predicted molar refractivity (Wildman–Crippen MR) is 261 cm³/mol. The van der Waals surface area contributed by atoms with Crippen LogP contribution >= 0.6 is 0 Å². The van der Waals surface area contributed by atoms with E-state index in [1.807, 2.05) is 36.4 Å². The zero-order valence-corrected chi connectivity index (χ0v) is 34.7. The molecular weight excluding hydrogens is 767 g/mol. The largest absolute Gasteiger partial charge is 0.310 e. The normalized spacial score (nSPS) is 11.3. The van der Waals surface area contributed by atoms with Gasteiger partial charge in [-0.3, -0.25) is 0 Å². The first kappa shape index (κ1) is 37.6. The summed E-state index contributed by atoms with van der Waals surface area (Å²) in [6, 6.07) is 81.1. The van der Waals surface area contributed by atoms with Gasteiger partial charge in [0.15, 0.2) is 17.5 Å². The van der Waals surface area contributed by atoms with Gasteiger partial charge in [-0.05, 0) is 83.8 Å². The van der Waals surface area contributed by atoms with Crippen LogP contribution in [0.4, 0.5) is 17.1 Å². The summed E-state index contributed by atoms with van der Waals surface area (Å²) in [5, 5.41) is 2.35. The molecule has 5 heteroatoms. The Morgan fingerprint density at radius 1 is 0.349 bits per heavy atom. The zero-order valence-electron chi connectivity index (χ0n) is 34.7. The highest BCUT2D eigenvalue weighted by Gasteiger charge is 2.23. The van der Waals surface area contributed by atoms with Crippen LogP contribution in [-0.2, 0) is 0 Å². The molecule has 2 heterocycles. The number of hydrogen-bond donors (Lipinski definition) is 0. The minimum Gasteiger partial charge on any atom is -0.310 e. The van der Waals surface area contributed by atoms with E-state index in [2.05, 4.69) is 211 Å². The van der Waals surface area contributed by atoms with Gasteiger partial charge in [-0.1, -0.05) is 176 Å². The number of rotatable bonds is 9. The molecule has 0 N–H and O–H groups in total. The molecule has 2 aromatic heterocycles. The summed E-state index contributed by atoms with van der Waals surface area (Å²) in [4.78, 5) is 17.7. The lowest BCUT2D eigenvalue weighted by Crippen LogP contribution is -2.11. The lowest BCUT2D eigenvalue weighted by atomic mass is 9.95. The van der Waals surface area contributed by atoms with Crippen molar-refractivity contribution in [3.8, 4) is 62.1 Å². The van der Waals surface area contributed by atoms with Crippen LogP contribution in [0.25, 0.3) is 83.9 Å². The van der Waals surface area contributed by atoms with Crippen molar-refractivity contribution in [3.63, 3.8) is 0 Å². The van der Waals surface area contributed by atoms with Gasteiger partial charge >= 0.3 is 0 Å². The van der Waals surface area contributed by atoms with E-state index in [-0.39, 0.29) is 0 Å². The van der Waals surface area contributed by atoms with E-state index in [4.69, 9.17) is 15.0 Å². The van der Waals surface area contributed by atoms with E-state index in [1.165, 1.54) is 27.5 Å². The van der Waals surface area contributed by atoms with E-state index in [0.717, 1.165) is 61.6 Å².